The quantitative estimate of drug-likeness (QED) is 0.799. The number of carbonyl (C=O) groups excluding carboxylic acids is 1. The van der Waals surface area contributed by atoms with Gasteiger partial charge in [-0.3, -0.25) is 14.4 Å². The van der Waals surface area contributed by atoms with Crippen molar-refractivity contribution < 1.29 is 13.2 Å². The van der Waals surface area contributed by atoms with Crippen molar-refractivity contribution in [3.05, 3.63) is 52.8 Å². The van der Waals surface area contributed by atoms with Crippen LogP contribution in [0.2, 0.25) is 0 Å². The molecule has 1 amide bonds. The van der Waals surface area contributed by atoms with Crippen LogP contribution < -0.4 is 5.32 Å². The Labute approximate surface area is 172 Å². The molecule has 0 radical (unpaired) electrons. The Morgan fingerprint density at radius 3 is 2.45 bits per heavy atom. The molecule has 0 unspecified atom stereocenters. The summed E-state index contributed by atoms with van der Waals surface area (Å²) in [4.78, 5) is 15.0. The minimum Gasteiger partial charge on any atom is -0.347 e. The van der Waals surface area contributed by atoms with Gasteiger partial charge in [-0.15, -0.1) is 0 Å². The van der Waals surface area contributed by atoms with Crippen LogP contribution in [0.4, 0.5) is 0 Å². The molecule has 1 aromatic carbocycles. The number of hydrogen-bond donors (Lipinski definition) is 1. The van der Waals surface area contributed by atoms with Crippen molar-refractivity contribution in [2.45, 2.75) is 45.3 Å². The van der Waals surface area contributed by atoms with Crippen LogP contribution in [0.1, 0.15) is 40.2 Å². The Bertz CT molecular complexity index is 991. The van der Waals surface area contributed by atoms with Gasteiger partial charge in [-0.05, 0) is 63.5 Å². The standard InChI is InChI=1S/C21H28N4O3S/c1-15-11-16(2)25(23-15)12-17-5-7-18(8-6-17)21(26)22-19-13-29(27,28)14-20(19)24-9-3-4-10-24/h5-8,11,19-20H,3-4,9-10,12-14H2,1-2H3,(H,22,26)/t19-,20+/m0/s1. The van der Waals surface area contributed by atoms with E-state index in [4.69, 9.17) is 0 Å². The predicted octanol–water partition coefficient (Wildman–Crippen LogP) is 1.54. The normalized spacial score (nSPS) is 24.1. The highest BCUT2D eigenvalue weighted by molar-refractivity contribution is 7.91. The molecule has 29 heavy (non-hydrogen) atoms. The van der Waals surface area contributed by atoms with E-state index in [9.17, 15) is 13.2 Å². The van der Waals surface area contributed by atoms with Crippen molar-refractivity contribution in [2.24, 2.45) is 0 Å². The maximum Gasteiger partial charge on any atom is 0.251 e. The first kappa shape index (κ1) is 20.1. The Morgan fingerprint density at radius 2 is 1.83 bits per heavy atom. The summed E-state index contributed by atoms with van der Waals surface area (Å²) >= 11 is 0. The molecule has 1 aromatic heterocycles. The van der Waals surface area contributed by atoms with Crippen LogP contribution in [0.15, 0.2) is 30.3 Å². The minimum atomic E-state index is -3.12. The van der Waals surface area contributed by atoms with Crippen molar-refractivity contribution in [3.63, 3.8) is 0 Å². The third-order valence-corrected chi connectivity index (χ3v) is 7.62. The summed E-state index contributed by atoms with van der Waals surface area (Å²) in [7, 11) is -3.12. The molecule has 0 aliphatic carbocycles. The van der Waals surface area contributed by atoms with Crippen LogP contribution in [-0.2, 0) is 16.4 Å². The SMILES string of the molecule is Cc1cc(C)n(Cc2ccc(C(=O)N[C@H]3CS(=O)(=O)C[C@H]3N3CCCC3)cc2)n1. The maximum absolute atomic E-state index is 12.8. The monoisotopic (exact) mass is 416 g/mol. The van der Waals surface area contributed by atoms with Crippen LogP contribution in [-0.4, -0.2) is 65.7 Å². The second kappa shape index (κ2) is 7.91. The van der Waals surface area contributed by atoms with E-state index in [1.807, 2.05) is 36.7 Å². The fourth-order valence-electron chi connectivity index (χ4n) is 4.42. The second-order valence-electron chi connectivity index (χ2n) is 8.25. The molecule has 2 aliphatic heterocycles. The Kier molecular flexibility index (Phi) is 5.48. The summed E-state index contributed by atoms with van der Waals surface area (Å²) in [6.45, 7) is 6.46. The van der Waals surface area contributed by atoms with Gasteiger partial charge in [0.2, 0.25) is 0 Å². The lowest BCUT2D eigenvalue weighted by Crippen LogP contribution is -2.50. The lowest BCUT2D eigenvalue weighted by atomic mass is 10.1. The van der Waals surface area contributed by atoms with Crippen LogP contribution >= 0.6 is 0 Å². The van der Waals surface area contributed by atoms with Crippen molar-refractivity contribution in [2.75, 3.05) is 24.6 Å². The van der Waals surface area contributed by atoms with Crippen molar-refractivity contribution >= 4 is 15.7 Å². The molecule has 8 heteroatoms. The number of nitrogens with one attached hydrogen (secondary N) is 1. The molecule has 2 saturated heterocycles. The number of nitrogens with zero attached hydrogens (tertiary/aromatic N) is 3. The van der Waals surface area contributed by atoms with Crippen LogP contribution in [0.25, 0.3) is 0 Å². The summed E-state index contributed by atoms with van der Waals surface area (Å²) in [5.41, 5.74) is 3.69. The second-order valence-corrected chi connectivity index (χ2v) is 10.4. The molecule has 2 fully saturated rings. The number of aromatic nitrogens is 2. The van der Waals surface area contributed by atoms with Crippen LogP contribution in [0, 0.1) is 13.8 Å². The van der Waals surface area contributed by atoms with Gasteiger partial charge in [-0.25, -0.2) is 8.42 Å². The number of rotatable bonds is 5. The first-order valence-electron chi connectivity index (χ1n) is 10.2. The highest BCUT2D eigenvalue weighted by atomic mass is 32.2. The van der Waals surface area contributed by atoms with E-state index in [1.54, 1.807) is 12.1 Å². The summed E-state index contributed by atoms with van der Waals surface area (Å²) in [6.07, 6.45) is 2.18. The zero-order valence-electron chi connectivity index (χ0n) is 17.0. The van der Waals surface area contributed by atoms with Gasteiger partial charge in [0.05, 0.1) is 29.8 Å². The van der Waals surface area contributed by atoms with E-state index in [0.717, 1.165) is 42.9 Å². The van der Waals surface area contributed by atoms with E-state index >= 15 is 0 Å². The zero-order chi connectivity index (χ0) is 20.6. The minimum absolute atomic E-state index is 0.0237. The van der Waals surface area contributed by atoms with E-state index in [0.29, 0.717) is 12.1 Å². The number of benzene rings is 1. The molecule has 4 rings (SSSR count). The zero-order valence-corrected chi connectivity index (χ0v) is 17.8. The number of sulfone groups is 1. The lowest BCUT2D eigenvalue weighted by molar-refractivity contribution is 0.0918. The highest BCUT2D eigenvalue weighted by Crippen LogP contribution is 2.23. The molecule has 2 aromatic rings. The summed E-state index contributed by atoms with van der Waals surface area (Å²) in [6, 6.07) is 9.02. The molecule has 1 N–H and O–H groups in total. The molecule has 3 heterocycles. The maximum atomic E-state index is 12.8. The number of likely N-dealkylation sites (tertiary alicyclic amines) is 1. The topological polar surface area (TPSA) is 84.3 Å². The van der Waals surface area contributed by atoms with Crippen molar-refractivity contribution in [1.29, 1.82) is 0 Å². The predicted molar refractivity (Wildman–Crippen MR) is 112 cm³/mol. The number of carbonyl (C=O) groups is 1. The van der Waals surface area contributed by atoms with E-state index in [1.165, 1.54) is 0 Å². The fourth-order valence-corrected chi connectivity index (χ4v) is 6.37. The molecule has 2 aliphatic rings. The first-order chi connectivity index (χ1) is 13.8. The molecule has 2 atom stereocenters. The van der Waals surface area contributed by atoms with Gasteiger partial charge >= 0.3 is 0 Å². The van der Waals surface area contributed by atoms with E-state index < -0.39 is 9.84 Å². The van der Waals surface area contributed by atoms with Gasteiger partial charge in [-0.2, -0.15) is 5.10 Å². The summed E-state index contributed by atoms with van der Waals surface area (Å²) in [5, 5.41) is 7.45. The fraction of sp³-hybridized carbons (Fsp3) is 0.524. The van der Waals surface area contributed by atoms with Gasteiger partial charge in [0.25, 0.3) is 5.91 Å². The smallest absolute Gasteiger partial charge is 0.251 e. The van der Waals surface area contributed by atoms with Gasteiger partial charge in [-0.1, -0.05) is 12.1 Å². The molecule has 156 valence electrons. The molecule has 7 nitrogen and oxygen atoms in total. The van der Waals surface area contributed by atoms with Gasteiger partial charge in [0.1, 0.15) is 0 Å². The van der Waals surface area contributed by atoms with Crippen molar-refractivity contribution in [3.8, 4) is 0 Å². The van der Waals surface area contributed by atoms with E-state index in [2.05, 4.69) is 15.3 Å². The first-order valence-corrected chi connectivity index (χ1v) is 12.0. The third-order valence-electron chi connectivity index (χ3n) is 5.90. The average Bonchev–Trinajstić information content (AvgIpc) is 3.36. The Balaban J connectivity index is 1.43. The molecule has 0 saturated carbocycles. The lowest BCUT2D eigenvalue weighted by Gasteiger charge is -2.28. The summed E-state index contributed by atoms with van der Waals surface area (Å²) < 4.78 is 26.3. The number of amides is 1. The van der Waals surface area contributed by atoms with Crippen LogP contribution in [0.3, 0.4) is 0 Å². The Hall–Kier alpha value is -2.19. The average molecular weight is 417 g/mol. The molecule has 0 bridgehead atoms. The molecule has 0 spiro atoms. The van der Waals surface area contributed by atoms with E-state index in [-0.39, 0.29) is 29.5 Å². The number of hydrogen-bond acceptors (Lipinski definition) is 5. The Morgan fingerprint density at radius 1 is 1.14 bits per heavy atom. The summed E-state index contributed by atoms with van der Waals surface area (Å²) in [5.74, 6) is -0.0518. The highest BCUT2D eigenvalue weighted by Gasteiger charge is 2.42. The van der Waals surface area contributed by atoms with Crippen LogP contribution in [0.5, 0.6) is 0 Å². The van der Waals surface area contributed by atoms with Gasteiger partial charge in [0.15, 0.2) is 9.84 Å². The largest absolute Gasteiger partial charge is 0.347 e. The molecular weight excluding hydrogens is 388 g/mol. The van der Waals surface area contributed by atoms with Gasteiger partial charge < -0.3 is 5.32 Å². The van der Waals surface area contributed by atoms with Crippen molar-refractivity contribution in [1.82, 2.24) is 20.0 Å². The van der Waals surface area contributed by atoms with Gasteiger partial charge in [0, 0.05) is 17.3 Å². The number of aryl methyl sites for hydroxylation is 2. The third kappa shape index (κ3) is 4.53. The molecular formula is C21H28N4O3S.